The van der Waals surface area contributed by atoms with E-state index in [0.29, 0.717) is 5.56 Å². The smallest absolute Gasteiger partial charge is 0.338 e. The second kappa shape index (κ2) is 7.38. The highest BCUT2D eigenvalue weighted by molar-refractivity contribution is 9.10. The fourth-order valence-corrected chi connectivity index (χ4v) is 2.06. The van der Waals surface area contributed by atoms with Crippen LogP contribution in [-0.2, 0) is 9.53 Å². The molecule has 22 heavy (non-hydrogen) atoms. The summed E-state index contributed by atoms with van der Waals surface area (Å²) in [5, 5.41) is 2.49. The summed E-state index contributed by atoms with van der Waals surface area (Å²) in [5.41, 5.74) is 0.573. The highest BCUT2D eigenvalue weighted by Gasteiger charge is 2.11. The predicted octanol–water partition coefficient (Wildman–Crippen LogP) is 4.04. The van der Waals surface area contributed by atoms with Crippen molar-refractivity contribution in [3.8, 4) is 0 Å². The monoisotopic (exact) mass is 385 g/mol. The Kier molecular flexibility index (Phi) is 5.51. The molecular weight excluding hydrogens is 377 g/mol. The van der Waals surface area contributed by atoms with Gasteiger partial charge in [-0.25, -0.2) is 9.18 Å². The lowest BCUT2D eigenvalue weighted by Gasteiger charge is -2.08. The first kappa shape index (κ1) is 16.5. The molecule has 0 bridgehead atoms. The standard InChI is InChI=1S/C15H10BrClFNO3/c16-10-3-1-9(2-4-10)15(21)22-8-14(20)19-13-6-5-11(18)7-12(13)17/h1-7H,8H2,(H,19,20). The van der Waals surface area contributed by atoms with E-state index in [2.05, 4.69) is 21.2 Å². The van der Waals surface area contributed by atoms with Crippen LogP contribution in [0.15, 0.2) is 46.9 Å². The van der Waals surface area contributed by atoms with Gasteiger partial charge in [-0.05, 0) is 42.5 Å². The van der Waals surface area contributed by atoms with Gasteiger partial charge in [-0.2, -0.15) is 0 Å². The van der Waals surface area contributed by atoms with Crippen LogP contribution in [0.4, 0.5) is 10.1 Å². The number of nitrogens with one attached hydrogen (secondary N) is 1. The van der Waals surface area contributed by atoms with Crippen molar-refractivity contribution < 1.29 is 18.7 Å². The number of carbonyl (C=O) groups excluding carboxylic acids is 2. The Labute approximate surface area is 139 Å². The number of rotatable bonds is 4. The zero-order valence-electron chi connectivity index (χ0n) is 11.1. The number of carbonyl (C=O) groups is 2. The van der Waals surface area contributed by atoms with Gasteiger partial charge in [0.15, 0.2) is 6.61 Å². The van der Waals surface area contributed by atoms with Crippen molar-refractivity contribution >= 4 is 45.1 Å². The van der Waals surface area contributed by atoms with Gasteiger partial charge in [-0.15, -0.1) is 0 Å². The molecule has 0 aromatic heterocycles. The van der Waals surface area contributed by atoms with Gasteiger partial charge in [0, 0.05) is 4.47 Å². The van der Waals surface area contributed by atoms with Crippen LogP contribution in [0.2, 0.25) is 5.02 Å². The van der Waals surface area contributed by atoms with Crippen LogP contribution < -0.4 is 5.32 Å². The third kappa shape index (κ3) is 4.54. The van der Waals surface area contributed by atoms with E-state index in [0.717, 1.165) is 16.6 Å². The summed E-state index contributed by atoms with van der Waals surface area (Å²) in [6.45, 7) is -0.470. The lowest BCUT2D eigenvalue weighted by Crippen LogP contribution is -2.21. The molecule has 114 valence electrons. The molecule has 0 atom stereocenters. The molecule has 2 rings (SSSR count). The van der Waals surface area contributed by atoms with Gasteiger partial charge in [-0.1, -0.05) is 27.5 Å². The molecule has 0 saturated heterocycles. The summed E-state index contributed by atoms with van der Waals surface area (Å²) in [6, 6.07) is 10.1. The van der Waals surface area contributed by atoms with Gasteiger partial charge in [-0.3, -0.25) is 4.79 Å². The fraction of sp³-hybridized carbons (Fsp3) is 0.0667. The Morgan fingerprint density at radius 1 is 1.18 bits per heavy atom. The molecule has 0 heterocycles. The van der Waals surface area contributed by atoms with Gasteiger partial charge < -0.3 is 10.1 Å². The summed E-state index contributed by atoms with van der Waals surface area (Å²) in [5.74, 6) is -1.70. The average Bonchev–Trinajstić information content (AvgIpc) is 2.48. The summed E-state index contributed by atoms with van der Waals surface area (Å²) in [4.78, 5) is 23.4. The molecule has 2 aromatic rings. The van der Waals surface area contributed by atoms with Crippen molar-refractivity contribution in [2.45, 2.75) is 0 Å². The minimum atomic E-state index is -0.618. The number of benzene rings is 2. The Morgan fingerprint density at radius 3 is 2.50 bits per heavy atom. The van der Waals surface area contributed by atoms with Crippen molar-refractivity contribution in [1.29, 1.82) is 0 Å². The first-order valence-electron chi connectivity index (χ1n) is 6.13. The normalized spacial score (nSPS) is 10.1. The first-order chi connectivity index (χ1) is 10.5. The first-order valence-corrected chi connectivity index (χ1v) is 7.30. The molecule has 1 N–H and O–H groups in total. The molecule has 7 heteroatoms. The highest BCUT2D eigenvalue weighted by atomic mass is 79.9. The second-order valence-electron chi connectivity index (χ2n) is 4.26. The van der Waals surface area contributed by atoms with Crippen molar-refractivity contribution in [2.75, 3.05) is 11.9 Å². The molecule has 0 aliphatic carbocycles. The zero-order valence-corrected chi connectivity index (χ0v) is 13.4. The van der Waals surface area contributed by atoms with Crippen LogP contribution in [0.1, 0.15) is 10.4 Å². The van der Waals surface area contributed by atoms with Crippen molar-refractivity contribution in [3.05, 3.63) is 63.3 Å². The number of esters is 1. The van der Waals surface area contributed by atoms with Gasteiger partial charge >= 0.3 is 5.97 Å². The molecule has 0 fully saturated rings. The molecule has 0 radical (unpaired) electrons. The number of amides is 1. The van der Waals surface area contributed by atoms with E-state index in [-0.39, 0.29) is 10.7 Å². The average molecular weight is 387 g/mol. The Bertz CT molecular complexity index is 706. The molecule has 0 aliphatic heterocycles. The van der Waals surface area contributed by atoms with E-state index < -0.39 is 24.3 Å². The summed E-state index contributed by atoms with van der Waals surface area (Å²) >= 11 is 9.03. The van der Waals surface area contributed by atoms with Crippen LogP contribution in [-0.4, -0.2) is 18.5 Å². The van der Waals surface area contributed by atoms with E-state index in [1.165, 1.54) is 6.07 Å². The van der Waals surface area contributed by atoms with Crippen molar-refractivity contribution in [3.63, 3.8) is 0 Å². The number of anilines is 1. The van der Waals surface area contributed by atoms with Crippen LogP contribution in [0, 0.1) is 5.82 Å². The van der Waals surface area contributed by atoms with Crippen LogP contribution >= 0.6 is 27.5 Å². The number of hydrogen-bond donors (Lipinski definition) is 1. The summed E-state index contributed by atoms with van der Waals surface area (Å²) in [7, 11) is 0. The van der Waals surface area contributed by atoms with Gasteiger partial charge in [0.25, 0.3) is 5.91 Å². The molecule has 0 unspecified atom stereocenters. The Morgan fingerprint density at radius 2 is 1.86 bits per heavy atom. The summed E-state index contributed by atoms with van der Waals surface area (Å²) in [6.07, 6.45) is 0. The fourth-order valence-electron chi connectivity index (χ4n) is 1.58. The SMILES string of the molecule is O=C(COC(=O)c1ccc(Br)cc1)Nc1ccc(F)cc1Cl. The van der Waals surface area contributed by atoms with Gasteiger partial charge in [0.1, 0.15) is 5.82 Å². The van der Waals surface area contributed by atoms with E-state index in [1.807, 2.05) is 0 Å². The third-order valence-corrected chi connectivity index (χ3v) is 3.46. The molecule has 0 aliphatic rings. The molecular formula is C15H10BrClFNO3. The lowest BCUT2D eigenvalue weighted by atomic mass is 10.2. The molecule has 0 spiro atoms. The molecule has 4 nitrogen and oxygen atoms in total. The number of hydrogen-bond acceptors (Lipinski definition) is 3. The van der Waals surface area contributed by atoms with Gasteiger partial charge in [0.2, 0.25) is 0 Å². The minimum absolute atomic E-state index is 0.0626. The molecule has 0 saturated carbocycles. The van der Waals surface area contributed by atoms with E-state index in [1.54, 1.807) is 24.3 Å². The highest BCUT2D eigenvalue weighted by Crippen LogP contribution is 2.22. The van der Waals surface area contributed by atoms with Crippen LogP contribution in [0.5, 0.6) is 0 Å². The number of halogens is 3. The molecule has 1 amide bonds. The van der Waals surface area contributed by atoms with Crippen molar-refractivity contribution in [1.82, 2.24) is 0 Å². The topological polar surface area (TPSA) is 55.4 Å². The Hall–Kier alpha value is -1.92. The second-order valence-corrected chi connectivity index (χ2v) is 5.58. The quantitative estimate of drug-likeness (QED) is 0.807. The number of ether oxygens (including phenoxy) is 1. The zero-order chi connectivity index (χ0) is 16.1. The van der Waals surface area contributed by atoms with Crippen LogP contribution in [0.3, 0.4) is 0 Å². The Balaban J connectivity index is 1.89. The minimum Gasteiger partial charge on any atom is -0.452 e. The van der Waals surface area contributed by atoms with Crippen molar-refractivity contribution in [2.24, 2.45) is 0 Å². The predicted molar refractivity (Wildman–Crippen MR) is 84.5 cm³/mol. The maximum atomic E-state index is 12.9. The van der Waals surface area contributed by atoms with E-state index in [4.69, 9.17) is 16.3 Å². The summed E-state index contributed by atoms with van der Waals surface area (Å²) < 4.78 is 18.6. The maximum Gasteiger partial charge on any atom is 0.338 e. The third-order valence-electron chi connectivity index (χ3n) is 2.62. The van der Waals surface area contributed by atoms with Gasteiger partial charge in [0.05, 0.1) is 16.3 Å². The molecule has 2 aromatic carbocycles. The lowest BCUT2D eigenvalue weighted by molar-refractivity contribution is -0.119. The largest absolute Gasteiger partial charge is 0.452 e. The maximum absolute atomic E-state index is 12.9. The van der Waals surface area contributed by atoms with Crippen LogP contribution in [0.25, 0.3) is 0 Å². The van der Waals surface area contributed by atoms with E-state index in [9.17, 15) is 14.0 Å². The van der Waals surface area contributed by atoms with E-state index >= 15 is 0 Å².